The average Bonchev–Trinajstić information content (AvgIpc) is 2.28. The summed E-state index contributed by atoms with van der Waals surface area (Å²) >= 11 is 0. The van der Waals surface area contributed by atoms with Crippen molar-refractivity contribution in [3.8, 4) is 0 Å². The van der Waals surface area contributed by atoms with Crippen LogP contribution >= 0.6 is 0 Å². The summed E-state index contributed by atoms with van der Waals surface area (Å²) in [4.78, 5) is 1.40. The zero-order chi connectivity index (χ0) is 13.2. The number of nitrogens with two attached hydrogens (primary N) is 1. The third kappa shape index (κ3) is 3.50. The van der Waals surface area contributed by atoms with E-state index >= 15 is 0 Å². The van der Waals surface area contributed by atoms with E-state index in [2.05, 4.69) is 0 Å². The second kappa shape index (κ2) is 5.02. The molecule has 0 aliphatic carbocycles. The Labute approximate surface area is 104 Å². The molecule has 0 radical (unpaired) electrons. The van der Waals surface area contributed by atoms with Gasteiger partial charge in [0.1, 0.15) is 0 Å². The van der Waals surface area contributed by atoms with Crippen LogP contribution in [0.5, 0.6) is 0 Å². The van der Waals surface area contributed by atoms with Gasteiger partial charge in [-0.3, -0.25) is 4.90 Å². The molecular formula is C13H15F3N2. The fourth-order valence-corrected chi connectivity index (χ4v) is 2.11. The Bertz CT molecular complexity index is 452. The number of hydrogen-bond acceptors (Lipinski definition) is 2. The minimum Gasteiger partial charge on any atom is -0.399 e. The molecule has 1 aliphatic heterocycles. The summed E-state index contributed by atoms with van der Waals surface area (Å²) in [6.07, 6.45) is -1.65. The minimum atomic E-state index is -4.12. The number of alkyl halides is 3. The smallest absolute Gasteiger partial charge is 0.399 e. The van der Waals surface area contributed by atoms with E-state index < -0.39 is 12.7 Å². The monoisotopic (exact) mass is 256 g/mol. The molecule has 0 bridgehead atoms. The molecule has 0 spiro atoms. The van der Waals surface area contributed by atoms with Crippen molar-refractivity contribution in [2.24, 2.45) is 0 Å². The average molecular weight is 256 g/mol. The first-order valence-electron chi connectivity index (χ1n) is 5.78. The van der Waals surface area contributed by atoms with E-state index in [1.165, 1.54) is 4.90 Å². The zero-order valence-electron chi connectivity index (χ0n) is 9.87. The molecule has 1 aromatic carbocycles. The molecule has 0 atom stereocenters. The van der Waals surface area contributed by atoms with Gasteiger partial charge in [0.2, 0.25) is 0 Å². The van der Waals surface area contributed by atoms with E-state index in [1.807, 2.05) is 24.3 Å². The Hall–Kier alpha value is -1.49. The van der Waals surface area contributed by atoms with Crippen molar-refractivity contribution in [3.63, 3.8) is 0 Å². The molecule has 0 unspecified atom stereocenters. The van der Waals surface area contributed by atoms with E-state index in [9.17, 15) is 13.2 Å². The van der Waals surface area contributed by atoms with Crippen LogP contribution in [0.25, 0.3) is 5.57 Å². The van der Waals surface area contributed by atoms with Crippen LogP contribution in [-0.2, 0) is 0 Å². The largest absolute Gasteiger partial charge is 0.401 e. The number of nitrogens with zero attached hydrogens (tertiary/aromatic N) is 1. The highest BCUT2D eigenvalue weighted by Gasteiger charge is 2.31. The summed E-state index contributed by atoms with van der Waals surface area (Å²) in [6.45, 7) is -0.0719. The first-order valence-corrected chi connectivity index (χ1v) is 5.78. The second-order valence-corrected chi connectivity index (χ2v) is 4.46. The van der Waals surface area contributed by atoms with Gasteiger partial charge < -0.3 is 5.73 Å². The first-order chi connectivity index (χ1) is 8.44. The Morgan fingerprint density at radius 1 is 1.28 bits per heavy atom. The second-order valence-electron chi connectivity index (χ2n) is 4.46. The minimum absolute atomic E-state index is 0.337. The van der Waals surface area contributed by atoms with Gasteiger partial charge >= 0.3 is 6.18 Å². The zero-order valence-corrected chi connectivity index (χ0v) is 9.87. The maximum Gasteiger partial charge on any atom is 0.401 e. The lowest BCUT2D eigenvalue weighted by Crippen LogP contribution is -2.36. The highest BCUT2D eigenvalue weighted by molar-refractivity contribution is 5.69. The molecule has 5 heteroatoms. The third-order valence-electron chi connectivity index (χ3n) is 2.95. The molecule has 2 rings (SSSR count). The van der Waals surface area contributed by atoms with Crippen molar-refractivity contribution in [1.82, 2.24) is 4.90 Å². The van der Waals surface area contributed by atoms with Crippen LogP contribution in [0, 0.1) is 0 Å². The van der Waals surface area contributed by atoms with Gasteiger partial charge in [0, 0.05) is 18.8 Å². The van der Waals surface area contributed by atoms with Gasteiger partial charge in [0.15, 0.2) is 0 Å². The summed E-state index contributed by atoms with van der Waals surface area (Å²) in [7, 11) is 0. The van der Waals surface area contributed by atoms with Gasteiger partial charge in [0.25, 0.3) is 0 Å². The van der Waals surface area contributed by atoms with E-state index in [1.54, 1.807) is 6.07 Å². The lowest BCUT2D eigenvalue weighted by molar-refractivity contribution is -0.144. The maximum absolute atomic E-state index is 12.2. The van der Waals surface area contributed by atoms with Crippen molar-refractivity contribution < 1.29 is 13.2 Å². The normalized spacial score (nSPS) is 17.6. The van der Waals surface area contributed by atoms with Crippen LogP contribution in [0.3, 0.4) is 0 Å². The van der Waals surface area contributed by atoms with Crippen molar-refractivity contribution in [3.05, 3.63) is 35.9 Å². The molecule has 0 saturated heterocycles. The fourth-order valence-electron chi connectivity index (χ4n) is 2.11. The summed E-state index contributed by atoms with van der Waals surface area (Å²) in [5.74, 6) is 0. The predicted octanol–water partition coefficient (Wildman–Crippen LogP) is 2.92. The van der Waals surface area contributed by atoms with Crippen molar-refractivity contribution in [2.45, 2.75) is 12.6 Å². The molecule has 0 fully saturated rings. The Kier molecular flexibility index (Phi) is 3.61. The molecule has 1 aliphatic rings. The Morgan fingerprint density at radius 3 is 2.61 bits per heavy atom. The molecule has 0 aromatic heterocycles. The molecule has 2 N–H and O–H groups in total. The van der Waals surface area contributed by atoms with Crippen LogP contribution in [0.4, 0.5) is 18.9 Å². The molecule has 98 valence electrons. The molecule has 0 saturated carbocycles. The maximum atomic E-state index is 12.2. The number of hydrogen-bond donors (Lipinski definition) is 1. The van der Waals surface area contributed by atoms with Gasteiger partial charge in [-0.15, -0.1) is 0 Å². The van der Waals surface area contributed by atoms with Gasteiger partial charge in [-0.2, -0.15) is 13.2 Å². The van der Waals surface area contributed by atoms with E-state index in [-0.39, 0.29) is 0 Å². The van der Waals surface area contributed by atoms with Gasteiger partial charge in [0.05, 0.1) is 6.54 Å². The summed E-state index contributed by atoms with van der Waals surface area (Å²) in [6, 6.07) is 7.43. The van der Waals surface area contributed by atoms with Gasteiger partial charge in [-0.1, -0.05) is 18.2 Å². The lowest BCUT2D eigenvalue weighted by atomic mass is 9.99. The fraction of sp³-hybridized carbons (Fsp3) is 0.385. The van der Waals surface area contributed by atoms with Crippen molar-refractivity contribution in [2.75, 3.05) is 25.4 Å². The van der Waals surface area contributed by atoms with E-state index in [4.69, 9.17) is 5.73 Å². The highest BCUT2D eigenvalue weighted by Crippen LogP contribution is 2.25. The van der Waals surface area contributed by atoms with Gasteiger partial charge in [-0.25, -0.2) is 0 Å². The molecule has 1 heterocycles. The van der Waals surface area contributed by atoms with Crippen molar-refractivity contribution in [1.29, 1.82) is 0 Å². The topological polar surface area (TPSA) is 29.3 Å². The lowest BCUT2D eigenvalue weighted by Gasteiger charge is -2.27. The van der Waals surface area contributed by atoms with Gasteiger partial charge in [-0.05, 0) is 29.7 Å². The van der Waals surface area contributed by atoms with Crippen LogP contribution in [0.15, 0.2) is 30.3 Å². The Morgan fingerprint density at radius 2 is 2.06 bits per heavy atom. The van der Waals surface area contributed by atoms with Crippen LogP contribution in [-0.4, -0.2) is 30.7 Å². The molecule has 2 nitrogen and oxygen atoms in total. The number of rotatable bonds is 2. The standard InChI is InChI=1S/C13H15F3N2/c14-13(15,16)9-18-6-4-10(5-7-18)11-2-1-3-12(17)8-11/h1-4,8H,5-7,9,17H2. The van der Waals surface area contributed by atoms with Crippen LogP contribution in [0.1, 0.15) is 12.0 Å². The Balaban J connectivity index is 2.03. The SMILES string of the molecule is Nc1cccc(C2=CCN(CC(F)(F)F)CC2)c1. The molecular weight excluding hydrogens is 241 g/mol. The van der Waals surface area contributed by atoms with E-state index in [0.29, 0.717) is 25.2 Å². The number of benzene rings is 1. The summed E-state index contributed by atoms with van der Waals surface area (Å²) in [5.41, 5.74) is 8.43. The van der Waals surface area contributed by atoms with Crippen LogP contribution in [0.2, 0.25) is 0 Å². The predicted molar refractivity (Wildman–Crippen MR) is 65.9 cm³/mol. The molecule has 0 amide bonds. The van der Waals surface area contributed by atoms with Crippen LogP contribution < -0.4 is 5.73 Å². The van der Waals surface area contributed by atoms with E-state index in [0.717, 1.165) is 11.1 Å². The van der Waals surface area contributed by atoms with Crippen molar-refractivity contribution >= 4 is 11.3 Å². The first kappa shape index (κ1) is 13.0. The summed E-state index contributed by atoms with van der Waals surface area (Å²) < 4.78 is 36.7. The summed E-state index contributed by atoms with van der Waals surface area (Å²) in [5, 5.41) is 0. The highest BCUT2D eigenvalue weighted by atomic mass is 19.4. The molecule has 18 heavy (non-hydrogen) atoms. The quantitative estimate of drug-likeness (QED) is 0.824. The number of halogens is 3. The molecule has 1 aromatic rings. The number of anilines is 1. The number of nitrogen functional groups attached to an aromatic ring is 1. The third-order valence-corrected chi connectivity index (χ3v) is 2.95.